The average Bonchev–Trinajstić information content (AvgIpc) is 3.18. The zero-order valence-electron chi connectivity index (χ0n) is 34.2. The summed E-state index contributed by atoms with van der Waals surface area (Å²) in [4.78, 5) is 0. The maximum absolute atomic E-state index is 6.67. The summed E-state index contributed by atoms with van der Waals surface area (Å²) in [6.07, 6.45) is 19.8. The lowest BCUT2D eigenvalue weighted by molar-refractivity contribution is 0.0685. The van der Waals surface area contributed by atoms with E-state index in [0.717, 1.165) is 143 Å². The van der Waals surface area contributed by atoms with E-state index in [9.17, 15) is 0 Å². The molecule has 0 unspecified atom stereocenters. The lowest BCUT2D eigenvalue weighted by Gasteiger charge is -2.30. The van der Waals surface area contributed by atoms with Crippen molar-refractivity contribution in [2.75, 3.05) is 39.6 Å². The minimum absolute atomic E-state index is 0.653. The molecule has 2 aromatic carbocycles. The summed E-state index contributed by atoms with van der Waals surface area (Å²) >= 11 is 0. The molecule has 6 nitrogen and oxygen atoms in total. The summed E-state index contributed by atoms with van der Waals surface area (Å²) in [6.45, 7) is 21.8. The molecule has 0 spiro atoms. The molecule has 0 saturated heterocycles. The Kier molecular flexibility index (Phi) is 25.7. The lowest BCUT2D eigenvalue weighted by atomic mass is 10.00. The summed E-state index contributed by atoms with van der Waals surface area (Å²) in [5.41, 5.74) is 3.09. The van der Waals surface area contributed by atoms with Gasteiger partial charge in [-0.05, 0) is 55.2 Å². The van der Waals surface area contributed by atoms with Gasteiger partial charge in [-0.1, -0.05) is 174 Å². The fourth-order valence-corrected chi connectivity index (χ4v) is 11.1. The maximum atomic E-state index is 6.67. The molecule has 0 heterocycles. The minimum Gasteiger partial charge on any atom is -0.370 e. The van der Waals surface area contributed by atoms with E-state index in [4.69, 9.17) is 26.6 Å². The van der Waals surface area contributed by atoms with Gasteiger partial charge in [0, 0.05) is 50.0 Å². The topological polar surface area (TPSA) is 55.4 Å². The van der Waals surface area contributed by atoms with Gasteiger partial charge in [-0.3, -0.25) is 0 Å². The van der Waals surface area contributed by atoms with E-state index in [1.165, 1.54) is 0 Å². The van der Waals surface area contributed by atoms with Crippen molar-refractivity contribution in [2.45, 2.75) is 157 Å². The second-order valence-electron chi connectivity index (χ2n) is 14.1. The van der Waals surface area contributed by atoms with Gasteiger partial charge < -0.3 is 26.6 Å². The molecule has 8 heteroatoms. The molecule has 0 aromatic heterocycles. The molecule has 0 atom stereocenters. The normalized spacial score (nSPS) is 12.1. The number of hydrogen-bond acceptors (Lipinski definition) is 6. The molecule has 296 valence electrons. The molecule has 0 aliphatic rings. The molecule has 0 bridgehead atoms. The van der Waals surface area contributed by atoms with Gasteiger partial charge in [-0.25, -0.2) is 0 Å². The first-order chi connectivity index (χ1) is 25.5. The van der Waals surface area contributed by atoms with Gasteiger partial charge in [-0.2, -0.15) is 0 Å². The van der Waals surface area contributed by atoms with E-state index in [0.29, 0.717) is 39.6 Å². The van der Waals surface area contributed by atoms with Crippen LogP contribution in [0.4, 0.5) is 0 Å². The van der Waals surface area contributed by atoms with E-state index in [1.807, 2.05) is 0 Å². The van der Waals surface area contributed by atoms with E-state index < -0.39 is 17.6 Å². The highest BCUT2D eigenvalue weighted by atomic mass is 28.4. The SMILES string of the molecule is C=C(c1ccc([Si](OCCCCC)(OCCCCC)OCCCCC)cc1)c1ccc([Si](OCCCCC)(OCCCCC)OCCCCC)cc1. The van der Waals surface area contributed by atoms with Crippen LogP contribution in [-0.2, 0) is 26.6 Å². The van der Waals surface area contributed by atoms with Gasteiger partial charge in [0.15, 0.2) is 0 Å². The Hall–Kier alpha value is -1.63. The fraction of sp³-hybridized carbons (Fsp3) is 0.682. The Morgan fingerprint density at radius 2 is 0.577 bits per heavy atom. The van der Waals surface area contributed by atoms with Crippen LogP contribution in [0.2, 0.25) is 0 Å². The summed E-state index contributed by atoms with van der Waals surface area (Å²) in [5.74, 6) is 0. The molecule has 2 aromatic rings. The van der Waals surface area contributed by atoms with Crippen LogP contribution in [0.3, 0.4) is 0 Å². The largest absolute Gasteiger partial charge is 0.537 e. The van der Waals surface area contributed by atoms with Crippen molar-refractivity contribution in [3.05, 3.63) is 66.2 Å². The quantitative estimate of drug-likeness (QED) is 0.0523. The van der Waals surface area contributed by atoms with Crippen molar-refractivity contribution in [1.82, 2.24) is 0 Å². The van der Waals surface area contributed by atoms with Crippen LogP contribution < -0.4 is 10.4 Å². The number of hydrogen-bond donors (Lipinski definition) is 0. The molecule has 0 radical (unpaired) electrons. The van der Waals surface area contributed by atoms with Gasteiger partial charge in [0.25, 0.3) is 0 Å². The molecule has 52 heavy (non-hydrogen) atoms. The molecule has 0 aliphatic heterocycles. The molecular formula is C44H76O6Si2. The zero-order chi connectivity index (χ0) is 37.8. The first-order valence-electron chi connectivity index (χ1n) is 21.2. The summed E-state index contributed by atoms with van der Waals surface area (Å²) < 4.78 is 40.0. The first kappa shape index (κ1) is 46.5. The predicted molar refractivity (Wildman–Crippen MR) is 225 cm³/mol. The maximum Gasteiger partial charge on any atom is 0.537 e. The smallest absolute Gasteiger partial charge is 0.370 e. The summed E-state index contributed by atoms with van der Waals surface area (Å²) in [7, 11) is -6.21. The molecule has 0 amide bonds. The molecule has 0 aliphatic carbocycles. The van der Waals surface area contributed by atoms with Crippen LogP contribution in [-0.4, -0.2) is 57.3 Å². The second kappa shape index (κ2) is 28.8. The monoisotopic (exact) mass is 757 g/mol. The van der Waals surface area contributed by atoms with Crippen molar-refractivity contribution in [3.8, 4) is 0 Å². The van der Waals surface area contributed by atoms with Crippen LogP contribution in [0.15, 0.2) is 55.1 Å². The van der Waals surface area contributed by atoms with E-state index in [1.54, 1.807) is 0 Å². The molecule has 0 fully saturated rings. The Labute approximate surface area is 322 Å². The van der Waals surface area contributed by atoms with E-state index in [2.05, 4.69) is 96.7 Å². The van der Waals surface area contributed by atoms with Crippen LogP contribution in [0.25, 0.3) is 5.57 Å². The zero-order valence-corrected chi connectivity index (χ0v) is 36.2. The van der Waals surface area contributed by atoms with Crippen molar-refractivity contribution in [3.63, 3.8) is 0 Å². The van der Waals surface area contributed by atoms with Crippen LogP contribution >= 0.6 is 0 Å². The van der Waals surface area contributed by atoms with E-state index in [-0.39, 0.29) is 0 Å². The van der Waals surface area contributed by atoms with Gasteiger partial charge in [0.05, 0.1) is 0 Å². The third kappa shape index (κ3) is 16.8. The number of benzene rings is 2. The Bertz CT molecular complexity index is 1000. The number of unbranched alkanes of at least 4 members (excludes halogenated alkanes) is 12. The fourth-order valence-electron chi connectivity index (χ4n) is 6.02. The van der Waals surface area contributed by atoms with Crippen molar-refractivity contribution in [1.29, 1.82) is 0 Å². The number of rotatable bonds is 34. The van der Waals surface area contributed by atoms with Crippen LogP contribution in [0.5, 0.6) is 0 Å². The highest BCUT2D eigenvalue weighted by Gasteiger charge is 2.45. The Morgan fingerprint density at radius 3 is 0.769 bits per heavy atom. The molecule has 2 rings (SSSR count). The van der Waals surface area contributed by atoms with Crippen molar-refractivity contribution < 1.29 is 26.6 Å². The average molecular weight is 757 g/mol. The molecule has 0 saturated carbocycles. The minimum atomic E-state index is -3.10. The van der Waals surface area contributed by atoms with Gasteiger partial charge in [-0.15, -0.1) is 0 Å². The Balaban J connectivity index is 2.37. The van der Waals surface area contributed by atoms with Crippen LogP contribution in [0.1, 0.15) is 168 Å². The van der Waals surface area contributed by atoms with Crippen molar-refractivity contribution in [2.24, 2.45) is 0 Å². The van der Waals surface area contributed by atoms with Gasteiger partial charge in [0.2, 0.25) is 0 Å². The lowest BCUT2D eigenvalue weighted by Crippen LogP contribution is -2.57. The first-order valence-corrected chi connectivity index (χ1v) is 24.6. The van der Waals surface area contributed by atoms with Gasteiger partial charge >= 0.3 is 17.6 Å². The summed E-state index contributed by atoms with van der Waals surface area (Å²) in [5, 5.41) is 2.06. The van der Waals surface area contributed by atoms with Crippen LogP contribution in [0, 0.1) is 0 Å². The molecular weight excluding hydrogens is 681 g/mol. The third-order valence-corrected chi connectivity index (χ3v) is 15.0. The van der Waals surface area contributed by atoms with Crippen molar-refractivity contribution >= 4 is 33.6 Å². The van der Waals surface area contributed by atoms with E-state index >= 15 is 0 Å². The standard InChI is InChI=1S/C44H76O6Si2/c1-8-14-20-34-45-51(46-35-21-15-9-2,47-36-22-16-10-3)43-30-26-41(27-31-43)40(7)42-28-32-44(33-29-42)52(48-37-23-17-11-4,49-38-24-18-12-5)50-39-25-19-13-6/h26-33H,7-25,34-39H2,1-6H3. The second-order valence-corrected chi connectivity index (χ2v) is 19.2. The van der Waals surface area contributed by atoms with Gasteiger partial charge in [0.1, 0.15) is 0 Å². The Morgan fingerprint density at radius 1 is 0.365 bits per heavy atom. The highest BCUT2D eigenvalue weighted by molar-refractivity contribution is 6.75. The third-order valence-electron chi connectivity index (χ3n) is 9.41. The summed E-state index contributed by atoms with van der Waals surface area (Å²) in [6, 6.07) is 17.2. The highest BCUT2D eigenvalue weighted by Crippen LogP contribution is 2.24. The predicted octanol–water partition coefficient (Wildman–Crippen LogP) is 11.3. The molecule has 0 N–H and O–H groups in total.